The van der Waals surface area contributed by atoms with Crippen LogP contribution in [0, 0.1) is 0 Å². The molecule has 1 heteroatoms. The number of halogens is 1. The van der Waals surface area contributed by atoms with Gasteiger partial charge in [-0.3, -0.25) is 0 Å². The lowest BCUT2D eigenvalue weighted by atomic mass is 9.64. The van der Waals surface area contributed by atoms with Gasteiger partial charge in [0.05, 0.1) is 0 Å². The summed E-state index contributed by atoms with van der Waals surface area (Å²) < 4.78 is 15.4. The molecular formula is C18H17F. The van der Waals surface area contributed by atoms with Crippen molar-refractivity contribution in [2.45, 2.75) is 37.3 Å². The van der Waals surface area contributed by atoms with Gasteiger partial charge >= 0.3 is 0 Å². The van der Waals surface area contributed by atoms with Gasteiger partial charge in [-0.2, -0.15) is 0 Å². The molecule has 96 valence electrons. The molecule has 0 atom stereocenters. The highest BCUT2D eigenvalue weighted by atomic mass is 19.1. The van der Waals surface area contributed by atoms with E-state index in [2.05, 4.69) is 36.4 Å². The number of hydrogen-bond donors (Lipinski definition) is 0. The molecule has 0 nitrogen and oxygen atoms in total. The van der Waals surface area contributed by atoms with Crippen LogP contribution in [0.15, 0.2) is 48.5 Å². The van der Waals surface area contributed by atoms with E-state index in [1.54, 1.807) is 0 Å². The Morgan fingerprint density at radius 1 is 0.789 bits per heavy atom. The maximum absolute atomic E-state index is 15.4. The number of aryl methyl sites for hydroxylation is 2. The van der Waals surface area contributed by atoms with Gasteiger partial charge in [-0.05, 0) is 47.9 Å². The lowest BCUT2D eigenvalue weighted by Gasteiger charge is -2.43. The highest BCUT2D eigenvalue weighted by Crippen LogP contribution is 2.51. The number of hydrogen-bond acceptors (Lipinski definition) is 0. The van der Waals surface area contributed by atoms with Gasteiger partial charge in [0.15, 0.2) is 0 Å². The molecule has 0 aliphatic heterocycles. The molecular weight excluding hydrogens is 235 g/mol. The van der Waals surface area contributed by atoms with Gasteiger partial charge < -0.3 is 0 Å². The molecule has 2 aromatic carbocycles. The van der Waals surface area contributed by atoms with E-state index in [-0.39, 0.29) is 5.92 Å². The molecule has 2 aromatic rings. The molecule has 2 aliphatic carbocycles. The van der Waals surface area contributed by atoms with Gasteiger partial charge in [-0.15, -0.1) is 0 Å². The number of benzene rings is 2. The van der Waals surface area contributed by atoms with Crippen LogP contribution in [0.1, 0.15) is 41.0 Å². The van der Waals surface area contributed by atoms with Crippen LogP contribution < -0.4 is 0 Å². The van der Waals surface area contributed by atoms with E-state index < -0.39 is 5.67 Å². The molecule has 0 heterocycles. The second-order valence-electron chi connectivity index (χ2n) is 5.87. The van der Waals surface area contributed by atoms with Crippen molar-refractivity contribution in [1.29, 1.82) is 0 Å². The van der Waals surface area contributed by atoms with Gasteiger partial charge in [-0.1, -0.05) is 48.5 Å². The van der Waals surface area contributed by atoms with Crippen LogP contribution >= 0.6 is 0 Å². The lowest BCUT2D eigenvalue weighted by Crippen LogP contribution is -2.40. The summed E-state index contributed by atoms with van der Waals surface area (Å²) in [6.07, 6.45) is 3.10. The fourth-order valence-corrected chi connectivity index (χ4v) is 3.91. The molecule has 0 fully saturated rings. The Morgan fingerprint density at radius 3 is 1.79 bits per heavy atom. The maximum Gasteiger partial charge on any atom is 0.122 e. The van der Waals surface area contributed by atoms with Crippen molar-refractivity contribution in [2.75, 3.05) is 0 Å². The first-order valence-corrected chi connectivity index (χ1v) is 7.12. The van der Waals surface area contributed by atoms with Crippen LogP contribution in [0.25, 0.3) is 0 Å². The van der Waals surface area contributed by atoms with Crippen LogP contribution in [0.5, 0.6) is 0 Å². The molecule has 0 saturated heterocycles. The molecule has 0 unspecified atom stereocenters. The topological polar surface area (TPSA) is 0 Å². The Hall–Kier alpha value is -1.63. The Kier molecular flexibility index (Phi) is 2.32. The molecule has 0 spiro atoms. The Labute approximate surface area is 113 Å². The summed E-state index contributed by atoms with van der Waals surface area (Å²) >= 11 is 0. The first-order valence-electron chi connectivity index (χ1n) is 7.12. The summed E-state index contributed by atoms with van der Waals surface area (Å²) in [5, 5.41) is 0. The summed E-state index contributed by atoms with van der Waals surface area (Å²) in [5.74, 6) is -0.0533. The van der Waals surface area contributed by atoms with Gasteiger partial charge in [0.25, 0.3) is 0 Å². The SMILES string of the molecule is FC12CCc3ccccc3C1c1ccccc1CC2. The largest absolute Gasteiger partial charge is 0.243 e. The molecule has 19 heavy (non-hydrogen) atoms. The average molecular weight is 252 g/mol. The van der Waals surface area contributed by atoms with E-state index in [9.17, 15) is 0 Å². The average Bonchev–Trinajstić information content (AvgIpc) is 2.46. The monoisotopic (exact) mass is 252 g/mol. The van der Waals surface area contributed by atoms with Crippen molar-refractivity contribution in [3.05, 3.63) is 70.8 Å². The highest BCUT2D eigenvalue weighted by Gasteiger charge is 2.47. The van der Waals surface area contributed by atoms with Gasteiger partial charge in [-0.25, -0.2) is 4.39 Å². The first kappa shape index (κ1) is 11.2. The molecule has 0 saturated carbocycles. The summed E-state index contributed by atoms with van der Waals surface area (Å²) in [6, 6.07) is 16.8. The van der Waals surface area contributed by atoms with Crippen LogP contribution in [-0.2, 0) is 12.8 Å². The second-order valence-corrected chi connectivity index (χ2v) is 5.87. The fraction of sp³-hybridized carbons (Fsp3) is 0.333. The Balaban J connectivity index is 1.96. The van der Waals surface area contributed by atoms with Crippen molar-refractivity contribution >= 4 is 0 Å². The summed E-state index contributed by atoms with van der Waals surface area (Å²) in [6.45, 7) is 0. The number of alkyl halides is 1. The molecule has 0 aromatic heterocycles. The smallest absolute Gasteiger partial charge is 0.122 e. The van der Waals surface area contributed by atoms with Crippen molar-refractivity contribution < 1.29 is 4.39 Å². The second kappa shape index (κ2) is 3.93. The van der Waals surface area contributed by atoms with Crippen LogP contribution in [0.2, 0.25) is 0 Å². The Morgan fingerprint density at radius 2 is 1.26 bits per heavy atom. The van der Waals surface area contributed by atoms with Crippen LogP contribution in [-0.4, -0.2) is 5.67 Å². The van der Waals surface area contributed by atoms with E-state index in [1.807, 2.05) is 12.1 Å². The molecule has 4 rings (SSSR count). The zero-order valence-electron chi connectivity index (χ0n) is 10.9. The van der Waals surface area contributed by atoms with Crippen molar-refractivity contribution in [2.24, 2.45) is 0 Å². The van der Waals surface area contributed by atoms with Crippen LogP contribution in [0.4, 0.5) is 4.39 Å². The van der Waals surface area contributed by atoms with Crippen molar-refractivity contribution in [1.82, 2.24) is 0 Å². The maximum atomic E-state index is 15.4. The zero-order chi connectivity index (χ0) is 12.9. The van der Waals surface area contributed by atoms with Crippen molar-refractivity contribution in [3.63, 3.8) is 0 Å². The van der Waals surface area contributed by atoms with Gasteiger partial charge in [0.1, 0.15) is 5.67 Å². The third-order valence-corrected chi connectivity index (χ3v) is 4.87. The predicted octanol–water partition coefficient (Wildman–Crippen LogP) is 4.42. The molecule has 0 N–H and O–H groups in total. The van der Waals surface area contributed by atoms with Gasteiger partial charge in [0, 0.05) is 5.92 Å². The third-order valence-electron chi connectivity index (χ3n) is 4.87. The lowest BCUT2D eigenvalue weighted by molar-refractivity contribution is 0.0982. The quantitative estimate of drug-likeness (QED) is 0.651. The van der Waals surface area contributed by atoms with E-state index in [0.717, 1.165) is 12.8 Å². The summed E-state index contributed by atoms with van der Waals surface area (Å²) in [4.78, 5) is 0. The van der Waals surface area contributed by atoms with Crippen LogP contribution in [0.3, 0.4) is 0 Å². The number of fused-ring (bicyclic) bond motifs is 5. The van der Waals surface area contributed by atoms with E-state index in [0.29, 0.717) is 12.8 Å². The third kappa shape index (κ3) is 1.57. The molecule has 0 radical (unpaired) electrons. The zero-order valence-corrected chi connectivity index (χ0v) is 10.9. The molecule has 2 aliphatic rings. The minimum atomic E-state index is -1.04. The number of rotatable bonds is 0. The van der Waals surface area contributed by atoms with Gasteiger partial charge in [0.2, 0.25) is 0 Å². The predicted molar refractivity (Wildman–Crippen MR) is 75.2 cm³/mol. The van der Waals surface area contributed by atoms with Crippen molar-refractivity contribution in [3.8, 4) is 0 Å². The Bertz CT molecular complexity index is 578. The van der Waals surface area contributed by atoms with E-state index in [1.165, 1.54) is 22.3 Å². The molecule has 0 amide bonds. The first-order chi connectivity index (χ1) is 9.28. The summed E-state index contributed by atoms with van der Waals surface area (Å²) in [7, 11) is 0. The van der Waals surface area contributed by atoms with E-state index >= 15 is 4.39 Å². The normalized spacial score (nSPS) is 28.2. The highest BCUT2D eigenvalue weighted by molar-refractivity contribution is 5.48. The fourth-order valence-electron chi connectivity index (χ4n) is 3.91. The standard InChI is InChI=1S/C18H17F/c19-18-11-9-13-5-1-3-7-15(13)17(18)16-8-4-2-6-14(16)10-12-18/h1-8,17H,9-12H2. The van der Waals surface area contributed by atoms with E-state index in [4.69, 9.17) is 0 Å². The minimum Gasteiger partial charge on any atom is -0.243 e. The summed E-state index contributed by atoms with van der Waals surface area (Å²) in [5.41, 5.74) is 4.05. The minimum absolute atomic E-state index is 0.0533. The molecule has 0 bridgehead atoms.